The third-order valence-electron chi connectivity index (χ3n) is 4.97. The molecule has 0 spiro atoms. The highest BCUT2D eigenvalue weighted by Crippen LogP contribution is 2.27. The lowest BCUT2D eigenvalue weighted by atomic mass is 9.92. The van der Waals surface area contributed by atoms with Gasteiger partial charge in [-0.1, -0.05) is 25.1 Å². The minimum absolute atomic E-state index is 0.220. The number of hydrogen-bond donors (Lipinski definition) is 3. The molecule has 0 aliphatic rings. The summed E-state index contributed by atoms with van der Waals surface area (Å²) in [6.45, 7) is 3.54. The Hall–Kier alpha value is -3.52. The second-order valence-corrected chi connectivity index (χ2v) is 6.87. The van der Waals surface area contributed by atoms with Crippen molar-refractivity contribution in [3.05, 3.63) is 48.0 Å². The number of imidazole rings is 1. The van der Waals surface area contributed by atoms with Crippen molar-refractivity contribution in [1.29, 1.82) is 0 Å². The Balaban J connectivity index is 1.64. The highest BCUT2D eigenvalue weighted by atomic mass is 16.5. The maximum Gasteiger partial charge on any atom is 0.323 e. The second kappa shape index (κ2) is 7.48. The van der Waals surface area contributed by atoms with Gasteiger partial charge in [0, 0.05) is 16.9 Å². The lowest BCUT2D eigenvalue weighted by Crippen LogP contribution is -2.41. The minimum atomic E-state index is -1.01. The largest absolute Gasteiger partial charge is 0.465 e. The van der Waals surface area contributed by atoms with E-state index in [-0.39, 0.29) is 12.4 Å². The number of hydrogen-bond acceptors (Lipinski definition) is 6. The highest BCUT2D eigenvalue weighted by Gasteiger charge is 2.29. The molecule has 0 saturated carbocycles. The van der Waals surface area contributed by atoms with E-state index in [4.69, 9.17) is 10.5 Å². The van der Waals surface area contributed by atoms with E-state index in [1.807, 2.05) is 30.3 Å². The summed E-state index contributed by atoms with van der Waals surface area (Å²) in [4.78, 5) is 32.5. The van der Waals surface area contributed by atoms with E-state index >= 15 is 0 Å². The van der Waals surface area contributed by atoms with Gasteiger partial charge in [-0.2, -0.15) is 5.10 Å². The van der Waals surface area contributed by atoms with Crippen LogP contribution in [0.3, 0.4) is 0 Å². The second-order valence-electron chi connectivity index (χ2n) is 6.87. The summed E-state index contributed by atoms with van der Waals surface area (Å²) in [7, 11) is 0. The first kappa shape index (κ1) is 18.8. The lowest BCUT2D eigenvalue weighted by Gasteiger charge is -2.17. The molecule has 2 heterocycles. The fourth-order valence-corrected chi connectivity index (χ4v) is 3.29. The Morgan fingerprint density at radius 2 is 1.97 bits per heavy atom. The quantitative estimate of drug-likeness (QED) is 0.343. The first-order valence-electron chi connectivity index (χ1n) is 9.39. The number of para-hydroxylation sites is 2. The molecule has 2 aromatic carbocycles. The molecule has 4 rings (SSSR count). The summed E-state index contributed by atoms with van der Waals surface area (Å²) < 4.78 is 4.92. The Morgan fingerprint density at radius 1 is 1.17 bits per heavy atom. The smallest absolute Gasteiger partial charge is 0.323 e. The molecule has 4 aromatic rings. The first-order chi connectivity index (χ1) is 14.0. The number of ether oxygens (including phenoxy) is 1. The monoisotopic (exact) mass is 391 g/mol. The van der Waals surface area contributed by atoms with Crippen LogP contribution in [0, 0.1) is 5.92 Å². The highest BCUT2D eigenvalue weighted by molar-refractivity contribution is 6.04. The number of benzene rings is 2. The molecule has 0 saturated heterocycles. The van der Waals surface area contributed by atoms with E-state index < -0.39 is 17.9 Å². The standard InChI is InChI=1S/C21H21N5O3/c1-3-29-21(28)17(22)11(2)19(27)12-8-9-13-16(10-12)25-26-18(13)20-23-14-6-4-5-7-15(14)24-20/h4-11,17H,3,22H2,1-2H3,(H,23,24)(H,25,26). The van der Waals surface area contributed by atoms with Gasteiger partial charge in [-0.05, 0) is 31.2 Å². The van der Waals surface area contributed by atoms with E-state index in [0.29, 0.717) is 22.6 Å². The summed E-state index contributed by atoms with van der Waals surface area (Å²) in [5.41, 5.74) is 9.48. The molecule has 0 bridgehead atoms. The van der Waals surface area contributed by atoms with Gasteiger partial charge in [-0.15, -0.1) is 0 Å². The number of aromatic amines is 2. The molecule has 0 radical (unpaired) electrons. The van der Waals surface area contributed by atoms with Crippen molar-refractivity contribution in [3.8, 4) is 11.5 Å². The molecule has 2 aromatic heterocycles. The first-order valence-corrected chi connectivity index (χ1v) is 9.39. The molecular formula is C21H21N5O3. The number of fused-ring (bicyclic) bond motifs is 2. The third-order valence-corrected chi connectivity index (χ3v) is 4.97. The summed E-state index contributed by atoms with van der Waals surface area (Å²) in [6.07, 6.45) is 0. The van der Waals surface area contributed by atoms with Crippen LogP contribution in [0.15, 0.2) is 42.5 Å². The van der Waals surface area contributed by atoms with Gasteiger partial charge in [0.05, 0.1) is 23.2 Å². The van der Waals surface area contributed by atoms with Crippen LogP contribution in [0.4, 0.5) is 0 Å². The number of Topliss-reactive ketones (excluding diaryl/α,β-unsaturated/α-hetero) is 1. The van der Waals surface area contributed by atoms with Gasteiger partial charge in [0.25, 0.3) is 0 Å². The van der Waals surface area contributed by atoms with Gasteiger partial charge in [0.2, 0.25) is 0 Å². The molecule has 8 heteroatoms. The zero-order valence-corrected chi connectivity index (χ0v) is 16.1. The lowest BCUT2D eigenvalue weighted by molar-refractivity contribution is -0.145. The fraction of sp³-hybridized carbons (Fsp3) is 0.238. The maximum absolute atomic E-state index is 12.8. The predicted octanol–water partition coefficient (Wildman–Crippen LogP) is 2.82. The number of nitrogens with one attached hydrogen (secondary N) is 2. The van der Waals surface area contributed by atoms with Crippen molar-refractivity contribution < 1.29 is 14.3 Å². The van der Waals surface area contributed by atoms with E-state index in [0.717, 1.165) is 16.4 Å². The van der Waals surface area contributed by atoms with Crippen LogP contribution >= 0.6 is 0 Å². The van der Waals surface area contributed by atoms with Crippen LogP contribution < -0.4 is 5.73 Å². The van der Waals surface area contributed by atoms with Crippen molar-refractivity contribution in [2.75, 3.05) is 6.61 Å². The van der Waals surface area contributed by atoms with Gasteiger partial charge in [0.15, 0.2) is 11.6 Å². The van der Waals surface area contributed by atoms with Crippen molar-refractivity contribution in [2.45, 2.75) is 19.9 Å². The average Bonchev–Trinajstić information content (AvgIpc) is 3.35. The Labute approximate surface area is 166 Å². The zero-order chi connectivity index (χ0) is 20.5. The van der Waals surface area contributed by atoms with Gasteiger partial charge in [-0.25, -0.2) is 4.98 Å². The average molecular weight is 391 g/mol. The topological polar surface area (TPSA) is 127 Å². The molecule has 29 heavy (non-hydrogen) atoms. The van der Waals surface area contributed by atoms with E-state index in [1.165, 1.54) is 0 Å². The summed E-state index contributed by atoms with van der Waals surface area (Å²) in [5, 5.41) is 8.15. The van der Waals surface area contributed by atoms with Crippen LogP contribution in [0.1, 0.15) is 24.2 Å². The number of carbonyl (C=O) groups is 2. The fourth-order valence-electron chi connectivity index (χ4n) is 3.29. The molecular weight excluding hydrogens is 370 g/mol. The molecule has 0 aliphatic carbocycles. The van der Waals surface area contributed by atoms with E-state index in [2.05, 4.69) is 20.2 Å². The summed E-state index contributed by atoms with van der Waals surface area (Å²) in [5.74, 6) is -0.867. The van der Waals surface area contributed by atoms with E-state index in [1.54, 1.807) is 26.0 Å². The van der Waals surface area contributed by atoms with Gasteiger partial charge in [0.1, 0.15) is 11.7 Å². The van der Waals surface area contributed by atoms with Crippen molar-refractivity contribution in [2.24, 2.45) is 11.7 Å². The Bertz CT molecular complexity index is 1180. The SMILES string of the molecule is CCOC(=O)C(N)C(C)C(=O)c1ccc2c(-c3nc4ccccc4[nH]3)n[nH]c2c1. The molecule has 148 valence electrons. The number of rotatable bonds is 6. The molecule has 0 amide bonds. The predicted molar refractivity (Wildman–Crippen MR) is 109 cm³/mol. The Morgan fingerprint density at radius 3 is 2.72 bits per heavy atom. The number of esters is 1. The maximum atomic E-state index is 12.8. The number of nitrogens with two attached hydrogens (primary N) is 1. The minimum Gasteiger partial charge on any atom is -0.465 e. The van der Waals surface area contributed by atoms with Crippen LogP contribution in [-0.2, 0) is 9.53 Å². The van der Waals surface area contributed by atoms with Gasteiger partial charge < -0.3 is 15.5 Å². The number of ketones is 1. The molecule has 0 aliphatic heterocycles. The van der Waals surface area contributed by atoms with Crippen LogP contribution in [0.5, 0.6) is 0 Å². The van der Waals surface area contributed by atoms with Gasteiger partial charge >= 0.3 is 5.97 Å². The van der Waals surface area contributed by atoms with Crippen molar-refractivity contribution in [3.63, 3.8) is 0 Å². The van der Waals surface area contributed by atoms with Crippen LogP contribution in [0.2, 0.25) is 0 Å². The number of aromatic nitrogens is 4. The molecule has 8 nitrogen and oxygen atoms in total. The number of nitrogens with zero attached hydrogens (tertiary/aromatic N) is 2. The molecule has 4 N–H and O–H groups in total. The number of carbonyl (C=O) groups excluding carboxylic acids is 2. The third kappa shape index (κ3) is 3.38. The summed E-state index contributed by atoms with van der Waals surface area (Å²) >= 11 is 0. The molecule has 0 fully saturated rings. The zero-order valence-electron chi connectivity index (χ0n) is 16.1. The molecule has 2 unspecified atom stereocenters. The van der Waals surface area contributed by atoms with E-state index in [9.17, 15) is 9.59 Å². The van der Waals surface area contributed by atoms with Gasteiger partial charge in [-0.3, -0.25) is 14.7 Å². The van der Waals surface area contributed by atoms with Crippen LogP contribution in [-0.4, -0.2) is 44.6 Å². The van der Waals surface area contributed by atoms with Crippen molar-refractivity contribution in [1.82, 2.24) is 20.2 Å². The summed E-state index contributed by atoms with van der Waals surface area (Å²) in [6, 6.07) is 12.0. The number of H-pyrrole nitrogens is 2. The van der Waals surface area contributed by atoms with Crippen LogP contribution in [0.25, 0.3) is 33.5 Å². The molecule has 2 atom stereocenters. The Kier molecular flexibility index (Phi) is 4.85. The normalized spacial score (nSPS) is 13.5. The van der Waals surface area contributed by atoms with Crippen molar-refractivity contribution >= 4 is 33.7 Å².